The molecule has 1 aromatic heterocycles. The second kappa shape index (κ2) is 4.13. The smallest absolute Gasteiger partial charge is 0.0658 e. The van der Waals surface area contributed by atoms with Crippen LogP contribution in [0.3, 0.4) is 0 Å². The maximum Gasteiger partial charge on any atom is 0.0658 e. The summed E-state index contributed by atoms with van der Waals surface area (Å²) < 4.78 is 7.04. The number of hydrogen-bond donors (Lipinski definition) is 0. The number of methoxy groups -OCH3 is 1. The molecular weight excluding hydrogens is 176 g/mol. The minimum absolute atomic E-state index is 0.176. The zero-order valence-corrected chi connectivity index (χ0v) is 9.79. The summed E-state index contributed by atoms with van der Waals surface area (Å²) in [7, 11) is 1.71. The number of rotatable bonds is 3. The van der Waals surface area contributed by atoms with E-state index in [0.29, 0.717) is 6.61 Å². The van der Waals surface area contributed by atoms with E-state index in [9.17, 15) is 0 Å². The maximum atomic E-state index is 5.03. The third-order valence-corrected chi connectivity index (χ3v) is 2.42. The Morgan fingerprint density at radius 1 is 1.43 bits per heavy atom. The molecule has 0 radical (unpaired) electrons. The summed E-state index contributed by atoms with van der Waals surface area (Å²) in [5.74, 6) is 0. The zero-order valence-electron chi connectivity index (χ0n) is 9.79. The third-order valence-electron chi connectivity index (χ3n) is 2.42. The lowest BCUT2D eigenvalue weighted by atomic mass is 9.88. The molecule has 3 nitrogen and oxygen atoms in total. The molecule has 0 saturated heterocycles. The molecule has 3 heteroatoms. The van der Waals surface area contributed by atoms with Crippen LogP contribution in [0.1, 0.15) is 32.0 Å². The molecule has 0 atom stereocenters. The van der Waals surface area contributed by atoms with Crippen LogP contribution < -0.4 is 0 Å². The lowest BCUT2D eigenvalue weighted by Crippen LogP contribution is -2.14. The first kappa shape index (κ1) is 11.2. The number of aromatic nitrogens is 2. The fraction of sp³-hybridized carbons (Fsp3) is 0.727. The molecule has 0 aliphatic heterocycles. The Morgan fingerprint density at radius 2 is 2.07 bits per heavy atom. The Balaban J connectivity index is 2.86. The van der Waals surface area contributed by atoms with Crippen LogP contribution in [0.5, 0.6) is 0 Å². The van der Waals surface area contributed by atoms with Gasteiger partial charge in [-0.1, -0.05) is 20.8 Å². The first-order valence-corrected chi connectivity index (χ1v) is 4.98. The van der Waals surface area contributed by atoms with E-state index in [2.05, 4.69) is 32.8 Å². The van der Waals surface area contributed by atoms with E-state index in [-0.39, 0.29) is 5.41 Å². The average Bonchev–Trinajstić information content (AvgIpc) is 2.42. The molecular formula is C11H20N2O. The normalized spacial score (nSPS) is 12.1. The zero-order chi connectivity index (χ0) is 10.8. The fourth-order valence-corrected chi connectivity index (χ4v) is 1.59. The standard InChI is InChI=1S/C11H20N2O/c1-9-10(11(2,3)4)8-12-13(9)6-7-14-5/h8H,6-7H2,1-5H3. The van der Waals surface area contributed by atoms with Crippen molar-refractivity contribution in [1.82, 2.24) is 9.78 Å². The molecule has 1 rings (SSSR count). The van der Waals surface area contributed by atoms with Gasteiger partial charge < -0.3 is 4.74 Å². The van der Waals surface area contributed by atoms with Gasteiger partial charge in [0.15, 0.2) is 0 Å². The van der Waals surface area contributed by atoms with Gasteiger partial charge in [0.1, 0.15) is 0 Å². The van der Waals surface area contributed by atoms with Crippen molar-refractivity contribution in [3.8, 4) is 0 Å². The quantitative estimate of drug-likeness (QED) is 0.740. The van der Waals surface area contributed by atoms with E-state index >= 15 is 0 Å². The molecule has 0 amide bonds. The van der Waals surface area contributed by atoms with Crippen LogP contribution in [-0.4, -0.2) is 23.5 Å². The summed E-state index contributed by atoms with van der Waals surface area (Å²) in [5, 5.41) is 4.36. The average molecular weight is 196 g/mol. The van der Waals surface area contributed by atoms with Gasteiger partial charge in [-0.25, -0.2) is 0 Å². The molecule has 1 aromatic rings. The van der Waals surface area contributed by atoms with Gasteiger partial charge in [-0.05, 0) is 17.9 Å². The van der Waals surface area contributed by atoms with Gasteiger partial charge in [-0.15, -0.1) is 0 Å². The molecule has 0 unspecified atom stereocenters. The van der Waals surface area contributed by atoms with Crippen LogP contribution in [0.25, 0.3) is 0 Å². The lowest BCUT2D eigenvalue weighted by Gasteiger charge is -2.17. The molecule has 0 spiro atoms. The highest BCUT2D eigenvalue weighted by atomic mass is 16.5. The molecule has 80 valence electrons. The van der Waals surface area contributed by atoms with Crippen molar-refractivity contribution in [2.75, 3.05) is 13.7 Å². The van der Waals surface area contributed by atoms with Gasteiger partial charge in [0.25, 0.3) is 0 Å². The molecule has 0 aromatic carbocycles. The van der Waals surface area contributed by atoms with Crippen LogP contribution in [0.15, 0.2) is 6.20 Å². The van der Waals surface area contributed by atoms with Gasteiger partial charge >= 0.3 is 0 Å². The number of ether oxygens (including phenoxy) is 1. The van der Waals surface area contributed by atoms with Crippen molar-refractivity contribution in [3.63, 3.8) is 0 Å². The van der Waals surface area contributed by atoms with E-state index in [1.54, 1.807) is 7.11 Å². The van der Waals surface area contributed by atoms with Crippen LogP contribution in [-0.2, 0) is 16.7 Å². The Bertz CT molecular complexity index is 297. The second-order valence-corrected chi connectivity index (χ2v) is 4.61. The van der Waals surface area contributed by atoms with Crippen molar-refractivity contribution in [3.05, 3.63) is 17.5 Å². The summed E-state index contributed by atoms with van der Waals surface area (Å²) in [6.45, 7) is 10.3. The second-order valence-electron chi connectivity index (χ2n) is 4.61. The maximum absolute atomic E-state index is 5.03. The predicted octanol–water partition coefficient (Wildman–Crippen LogP) is 2.14. The van der Waals surface area contributed by atoms with E-state index in [1.165, 1.54) is 11.3 Å². The molecule has 14 heavy (non-hydrogen) atoms. The van der Waals surface area contributed by atoms with Crippen LogP contribution in [0.2, 0.25) is 0 Å². The van der Waals surface area contributed by atoms with Crippen molar-refractivity contribution in [2.45, 2.75) is 39.7 Å². The van der Waals surface area contributed by atoms with Gasteiger partial charge in [0.2, 0.25) is 0 Å². The van der Waals surface area contributed by atoms with Crippen LogP contribution in [0, 0.1) is 6.92 Å². The summed E-state index contributed by atoms with van der Waals surface area (Å²) in [6, 6.07) is 0. The summed E-state index contributed by atoms with van der Waals surface area (Å²) in [6.07, 6.45) is 1.96. The topological polar surface area (TPSA) is 27.1 Å². The molecule has 0 N–H and O–H groups in total. The fourth-order valence-electron chi connectivity index (χ4n) is 1.59. The van der Waals surface area contributed by atoms with Crippen molar-refractivity contribution in [1.29, 1.82) is 0 Å². The van der Waals surface area contributed by atoms with Gasteiger partial charge in [0.05, 0.1) is 19.3 Å². The van der Waals surface area contributed by atoms with Gasteiger partial charge in [-0.3, -0.25) is 4.68 Å². The van der Waals surface area contributed by atoms with Crippen molar-refractivity contribution < 1.29 is 4.74 Å². The number of hydrogen-bond acceptors (Lipinski definition) is 2. The van der Waals surface area contributed by atoms with E-state index < -0.39 is 0 Å². The highest BCUT2D eigenvalue weighted by Gasteiger charge is 2.19. The van der Waals surface area contributed by atoms with Gasteiger partial charge in [-0.2, -0.15) is 5.10 Å². The van der Waals surface area contributed by atoms with E-state index in [4.69, 9.17) is 4.74 Å². The highest BCUT2D eigenvalue weighted by Crippen LogP contribution is 2.24. The first-order chi connectivity index (χ1) is 6.46. The lowest BCUT2D eigenvalue weighted by molar-refractivity contribution is 0.182. The summed E-state index contributed by atoms with van der Waals surface area (Å²) in [4.78, 5) is 0. The summed E-state index contributed by atoms with van der Waals surface area (Å²) in [5.41, 5.74) is 2.73. The SMILES string of the molecule is COCCn1ncc(C(C)(C)C)c1C. The minimum atomic E-state index is 0.176. The molecule has 0 bridgehead atoms. The van der Waals surface area contributed by atoms with Crippen molar-refractivity contribution >= 4 is 0 Å². The molecule has 0 saturated carbocycles. The Morgan fingerprint density at radius 3 is 2.50 bits per heavy atom. The molecule has 0 aliphatic carbocycles. The van der Waals surface area contributed by atoms with E-state index in [1.807, 2.05) is 10.9 Å². The minimum Gasteiger partial charge on any atom is -0.383 e. The largest absolute Gasteiger partial charge is 0.383 e. The van der Waals surface area contributed by atoms with Crippen LogP contribution in [0.4, 0.5) is 0 Å². The molecule has 0 aliphatic rings. The predicted molar refractivity (Wildman–Crippen MR) is 57.5 cm³/mol. The Labute approximate surface area is 86.1 Å². The molecule has 0 fully saturated rings. The number of nitrogens with zero attached hydrogens (tertiary/aromatic N) is 2. The van der Waals surface area contributed by atoms with Gasteiger partial charge in [0, 0.05) is 12.8 Å². The Hall–Kier alpha value is -0.830. The van der Waals surface area contributed by atoms with E-state index in [0.717, 1.165) is 6.54 Å². The Kier molecular flexibility index (Phi) is 3.32. The highest BCUT2D eigenvalue weighted by molar-refractivity contribution is 5.24. The monoisotopic (exact) mass is 196 g/mol. The summed E-state index contributed by atoms with van der Waals surface area (Å²) >= 11 is 0. The first-order valence-electron chi connectivity index (χ1n) is 4.98. The third kappa shape index (κ3) is 2.35. The van der Waals surface area contributed by atoms with Crippen molar-refractivity contribution in [2.24, 2.45) is 0 Å². The molecule has 1 heterocycles. The van der Waals surface area contributed by atoms with Crippen LogP contribution >= 0.6 is 0 Å².